The Kier molecular flexibility index (Phi) is 8.88. The quantitative estimate of drug-likeness (QED) is 0.369. The molecule has 1 heterocycles. The van der Waals surface area contributed by atoms with E-state index >= 15 is 0 Å². The molecule has 0 radical (unpaired) electrons. The smallest absolute Gasteiger partial charge is 0.256 e. The van der Waals surface area contributed by atoms with Crippen molar-refractivity contribution < 1.29 is 9.59 Å². The van der Waals surface area contributed by atoms with Crippen molar-refractivity contribution in [1.82, 2.24) is 0 Å². The molecular formula is C30H24Cl2N2O2. The zero-order valence-electron chi connectivity index (χ0n) is 19.2. The lowest BCUT2D eigenvalue weighted by Crippen LogP contribution is -2.19. The van der Waals surface area contributed by atoms with Gasteiger partial charge in [-0.15, -0.1) is 24.8 Å². The molecule has 2 aliphatic rings. The van der Waals surface area contributed by atoms with Crippen molar-refractivity contribution in [2.24, 2.45) is 0 Å². The van der Waals surface area contributed by atoms with Crippen molar-refractivity contribution in [1.29, 1.82) is 0 Å². The Morgan fingerprint density at radius 3 is 2.28 bits per heavy atom. The van der Waals surface area contributed by atoms with Gasteiger partial charge in [0.2, 0.25) is 0 Å². The van der Waals surface area contributed by atoms with Crippen molar-refractivity contribution in [2.75, 3.05) is 10.6 Å². The summed E-state index contributed by atoms with van der Waals surface area (Å²) in [6, 6.07) is 24.8. The molecule has 1 atom stereocenters. The number of rotatable bonds is 4. The van der Waals surface area contributed by atoms with Crippen LogP contribution in [0.15, 0.2) is 121 Å². The van der Waals surface area contributed by atoms with Gasteiger partial charge in [-0.3, -0.25) is 4.79 Å². The van der Waals surface area contributed by atoms with Gasteiger partial charge in [-0.05, 0) is 35.4 Å². The summed E-state index contributed by atoms with van der Waals surface area (Å²) in [5.74, 6) is 1.57. The Labute approximate surface area is 222 Å². The Morgan fingerprint density at radius 2 is 1.56 bits per heavy atom. The highest BCUT2D eigenvalue weighted by Crippen LogP contribution is 2.43. The van der Waals surface area contributed by atoms with Gasteiger partial charge in [0.15, 0.2) is 0 Å². The molecule has 0 saturated carbocycles. The third kappa shape index (κ3) is 5.27. The van der Waals surface area contributed by atoms with E-state index in [-0.39, 0.29) is 36.6 Å². The van der Waals surface area contributed by atoms with Gasteiger partial charge < -0.3 is 10.6 Å². The van der Waals surface area contributed by atoms with Crippen molar-refractivity contribution in [3.63, 3.8) is 0 Å². The highest BCUT2D eigenvalue weighted by Gasteiger charge is 2.30. The van der Waals surface area contributed by atoms with Crippen LogP contribution in [0.25, 0.3) is 11.6 Å². The lowest BCUT2D eigenvalue weighted by molar-refractivity contribution is -0.112. The van der Waals surface area contributed by atoms with Crippen molar-refractivity contribution in [2.45, 2.75) is 5.92 Å². The Hall–Kier alpha value is -4.08. The van der Waals surface area contributed by atoms with Crippen LogP contribution in [0.1, 0.15) is 22.6 Å². The normalized spacial score (nSPS) is 15.4. The molecule has 4 nitrogen and oxygen atoms in total. The van der Waals surface area contributed by atoms with Gasteiger partial charge in [0, 0.05) is 40.2 Å². The lowest BCUT2D eigenvalue weighted by Gasteiger charge is -2.26. The molecule has 1 aliphatic carbocycles. The minimum atomic E-state index is -0.347. The molecule has 2 N–H and O–H groups in total. The first-order valence-electron chi connectivity index (χ1n) is 11.1. The monoisotopic (exact) mass is 514 g/mol. The third-order valence-electron chi connectivity index (χ3n) is 5.94. The first-order chi connectivity index (χ1) is 16.8. The van der Waals surface area contributed by atoms with Crippen LogP contribution in [0, 0.1) is 0 Å². The summed E-state index contributed by atoms with van der Waals surface area (Å²) in [5.41, 5.74) is 5.88. The number of allylic oxidation sites excluding steroid dienone is 5. The maximum absolute atomic E-state index is 13.3. The molecule has 36 heavy (non-hydrogen) atoms. The molecule has 0 fully saturated rings. The molecule has 3 aromatic rings. The van der Waals surface area contributed by atoms with E-state index in [0.29, 0.717) is 22.4 Å². The van der Waals surface area contributed by atoms with E-state index in [4.69, 9.17) is 0 Å². The van der Waals surface area contributed by atoms with Gasteiger partial charge in [-0.25, -0.2) is 4.79 Å². The summed E-state index contributed by atoms with van der Waals surface area (Å²) in [7, 11) is 0. The maximum Gasteiger partial charge on any atom is 0.256 e. The van der Waals surface area contributed by atoms with E-state index in [2.05, 4.69) is 16.6 Å². The molecule has 0 bridgehead atoms. The number of hydrogen-bond acceptors (Lipinski definition) is 3. The fourth-order valence-electron chi connectivity index (χ4n) is 4.38. The molecule has 6 heteroatoms. The molecule has 5 rings (SSSR count). The minimum absolute atomic E-state index is 0. The summed E-state index contributed by atoms with van der Waals surface area (Å²) in [5, 5.41) is 6.23. The van der Waals surface area contributed by atoms with E-state index in [1.165, 1.54) is 0 Å². The second-order valence-corrected chi connectivity index (χ2v) is 8.00. The number of hydrogen-bond donors (Lipinski definition) is 2. The van der Waals surface area contributed by atoms with Crippen LogP contribution < -0.4 is 10.6 Å². The molecule has 0 spiro atoms. The van der Waals surface area contributed by atoms with Gasteiger partial charge in [-0.1, -0.05) is 85.0 Å². The Morgan fingerprint density at radius 1 is 0.833 bits per heavy atom. The number of para-hydroxylation sites is 1. The highest BCUT2D eigenvalue weighted by molar-refractivity contribution is 6.15. The topological polar surface area (TPSA) is 58.2 Å². The second-order valence-electron chi connectivity index (χ2n) is 8.00. The lowest BCUT2D eigenvalue weighted by atomic mass is 9.77. The molecule has 3 aromatic carbocycles. The molecule has 1 unspecified atom stereocenters. The van der Waals surface area contributed by atoms with Gasteiger partial charge >= 0.3 is 0 Å². The largest absolute Gasteiger partial charge is 0.361 e. The van der Waals surface area contributed by atoms with Crippen molar-refractivity contribution >= 4 is 59.7 Å². The van der Waals surface area contributed by atoms with Gasteiger partial charge in [0.05, 0.1) is 5.57 Å². The molecule has 180 valence electrons. The molecule has 1 aliphatic heterocycles. The van der Waals surface area contributed by atoms with E-state index < -0.39 is 0 Å². The third-order valence-corrected chi connectivity index (χ3v) is 5.94. The van der Waals surface area contributed by atoms with Gasteiger partial charge in [0.25, 0.3) is 5.91 Å². The summed E-state index contributed by atoms with van der Waals surface area (Å²) in [6.45, 7) is 0. The van der Waals surface area contributed by atoms with E-state index in [9.17, 15) is 9.59 Å². The average molecular weight is 515 g/mol. The number of carbonyl (C=O) groups excluding carboxylic acids is 2. The first kappa shape index (κ1) is 26.5. The number of nitrogens with one attached hydrogen (secondary N) is 2. The first-order valence-corrected chi connectivity index (χ1v) is 11.1. The fourth-order valence-corrected chi connectivity index (χ4v) is 4.38. The average Bonchev–Trinajstić information content (AvgIpc) is 3.14. The Balaban J connectivity index is 0.00000180. The summed E-state index contributed by atoms with van der Waals surface area (Å²) < 4.78 is 0. The van der Waals surface area contributed by atoms with Gasteiger partial charge in [0.1, 0.15) is 5.94 Å². The zero-order valence-corrected chi connectivity index (χ0v) is 20.8. The number of benzene rings is 3. The Bertz CT molecular complexity index is 1420. The van der Waals surface area contributed by atoms with Crippen LogP contribution in [0.5, 0.6) is 0 Å². The second kappa shape index (κ2) is 12.1. The van der Waals surface area contributed by atoms with Crippen LogP contribution in [-0.2, 0) is 9.59 Å². The highest BCUT2D eigenvalue weighted by atomic mass is 35.5. The number of anilines is 2. The SMILES string of the molecule is Cl.Cl.O=C=C1C(c2ccccc2)=C(C(=O)Nc2ccccc2)C=CC1c1cccc2c1C=CC=CN2. The predicted octanol–water partition coefficient (Wildman–Crippen LogP) is 6.99. The molecular weight excluding hydrogens is 491 g/mol. The predicted molar refractivity (Wildman–Crippen MR) is 152 cm³/mol. The minimum Gasteiger partial charge on any atom is -0.361 e. The summed E-state index contributed by atoms with van der Waals surface area (Å²) in [6.07, 6.45) is 11.5. The van der Waals surface area contributed by atoms with Crippen molar-refractivity contribution in [3.05, 3.63) is 137 Å². The van der Waals surface area contributed by atoms with Crippen LogP contribution in [0.4, 0.5) is 11.4 Å². The summed E-state index contributed by atoms with van der Waals surface area (Å²) in [4.78, 5) is 25.8. The van der Waals surface area contributed by atoms with Crippen LogP contribution in [0.2, 0.25) is 0 Å². The summed E-state index contributed by atoms with van der Waals surface area (Å²) >= 11 is 0. The van der Waals surface area contributed by atoms with Crippen LogP contribution >= 0.6 is 24.8 Å². The maximum atomic E-state index is 13.3. The molecule has 0 saturated heterocycles. The fraction of sp³-hybridized carbons (Fsp3) is 0.0333. The van der Waals surface area contributed by atoms with Crippen LogP contribution in [-0.4, -0.2) is 11.8 Å². The van der Waals surface area contributed by atoms with E-state index in [0.717, 1.165) is 22.4 Å². The number of carbonyl (C=O) groups is 1. The number of halogens is 2. The molecule has 1 amide bonds. The number of fused-ring (bicyclic) bond motifs is 1. The van der Waals surface area contributed by atoms with Crippen LogP contribution in [0.3, 0.4) is 0 Å². The number of amides is 1. The van der Waals surface area contributed by atoms with E-state index in [1.807, 2.05) is 115 Å². The zero-order chi connectivity index (χ0) is 23.3. The van der Waals surface area contributed by atoms with E-state index in [1.54, 1.807) is 0 Å². The molecule has 0 aromatic heterocycles. The standard InChI is InChI=1S/C30H22N2O2.2ClH/c33-20-27-24(23-15-9-16-28-25(23)14-7-8-19-31-28)17-18-26(29(27)21-10-3-1-4-11-21)30(34)32-22-12-5-2-6-13-22;;/h1-19,24,31H,(H,32,34);2*1H. The van der Waals surface area contributed by atoms with Gasteiger partial charge in [-0.2, -0.15) is 0 Å². The van der Waals surface area contributed by atoms with Crippen molar-refractivity contribution in [3.8, 4) is 0 Å².